The van der Waals surface area contributed by atoms with Crippen LogP contribution in [0.25, 0.3) is 0 Å². The molecular weight excluding hydrogens is 172 g/mol. The summed E-state index contributed by atoms with van der Waals surface area (Å²) in [5, 5.41) is 0. The van der Waals surface area contributed by atoms with E-state index >= 15 is 0 Å². The summed E-state index contributed by atoms with van der Waals surface area (Å²) in [7, 11) is 0. The van der Waals surface area contributed by atoms with E-state index in [0.717, 1.165) is 30.6 Å². The first kappa shape index (κ1) is 8.34. The zero-order valence-electron chi connectivity index (χ0n) is 8.62. The Morgan fingerprint density at radius 3 is 3.14 bits per heavy atom. The molecule has 0 spiro atoms. The van der Waals surface area contributed by atoms with Gasteiger partial charge in [0.1, 0.15) is 5.75 Å². The minimum Gasteiger partial charge on any atom is -0.493 e. The van der Waals surface area contributed by atoms with Crippen molar-refractivity contribution in [3.63, 3.8) is 0 Å². The number of hydrogen-bond donors (Lipinski definition) is 0. The average molecular weight is 188 g/mol. The quantitative estimate of drug-likeness (QED) is 0.692. The van der Waals surface area contributed by atoms with Crippen LogP contribution < -0.4 is 4.74 Å². The lowest BCUT2D eigenvalue weighted by Crippen LogP contribution is -1.90. The largest absolute Gasteiger partial charge is 0.493 e. The Morgan fingerprint density at radius 2 is 2.36 bits per heavy atom. The second-order valence-corrected chi connectivity index (χ2v) is 4.43. The van der Waals surface area contributed by atoms with E-state index in [-0.39, 0.29) is 0 Å². The molecule has 0 saturated heterocycles. The van der Waals surface area contributed by atoms with Crippen molar-refractivity contribution in [2.75, 3.05) is 6.61 Å². The van der Waals surface area contributed by atoms with Crippen molar-refractivity contribution >= 4 is 0 Å². The summed E-state index contributed by atoms with van der Waals surface area (Å²) >= 11 is 0. The van der Waals surface area contributed by atoms with Gasteiger partial charge in [-0.3, -0.25) is 0 Å². The molecule has 0 N–H and O–H groups in total. The lowest BCUT2D eigenvalue weighted by molar-refractivity contribution is 0.357. The Morgan fingerprint density at radius 1 is 1.43 bits per heavy atom. The molecule has 1 unspecified atom stereocenters. The van der Waals surface area contributed by atoms with Gasteiger partial charge in [-0.2, -0.15) is 0 Å². The summed E-state index contributed by atoms with van der Waals surface area (Å²) < 4.78 is 5.59. The first-order chi connectivity index (χ1) is 6.90. The molecule has 1 aliphatic heterocycles. The van der Waals surface area contributed by atoms with Gasteiger partial charge in [-0.1, -0.05) is 25.5 Å². The Labute approximate surface area is 85.1 Å². The van der Waals surface area contributed by atoms with Gasteiger partial charge in [-0.25, -0.2) is 0 Å². The molecule has 1 aromatic carbocycles. The average Bonchev–Trinajstić information content (AvgIpc) is 2.85. The predicted molar refractivity (Wildman–Crippen MR) is 56.8 cm³/mol. The fourth-order valence-corrected chi connectivity index (χ4v) is 2.68. The fraction of sp³-hybridized carbons (Fsp3) is 0.538. The number of benzene rings is 1. The van der Waals surface area contributed by atoms with E-state index in [2.05, 4.69) is 25.1 Å². The highest BCUT2D eigenvalue weighted by Gasteiger charge is 2.38. The van der Waals surface area contributed by atoms with E-state index in [9.17, 15) is 0 Å². The number of rotatable bonds is 2. The molecule has 1 heterocycles. The predicted octanol–water partition coefficient (Wildman–Crippen LogP) is 3.14. The zero-order chi connectivity index (χ0) is 9.54. The van der Waals surface area contributed by atoms with Gasteiger partial charge < -0.3 is 4.74 Å². The fourth-order valence-electron chi connectivity index (χ4n) is 2.68. The Bertz CT molecular complexity index is 356. The Balaban J connectivity index is 1.95. The van der Waals surface area contributed by atoms with Gasteiger partial charge in [0.25, 0.3) is 0 Å². The SMILES string of the molecule is CCC1C[C@H]1c1cccc2c1CCO2. The van der Waals surface area contributed by atoms with E-state index in [0.29, 0.717) is 0 Å². The third-order valence-electron chi connectivity index (χ3n) is 3.63. The van der Waals surface area contributed by atoms with Gasteiger partial charge >= 0.3 is 0 Å². The summed E-state index contributed by atoms with van der Waals surface area (Å²) in [4.78, 5) is 0. The highest BCUT2D eigenvalue weighted by atomic mass is 16.5. The van der Waals surface area contributed by atoms with Crippen LogP contribution in [0.15, 0.2) is 18.2 Å². The molecule has 14 heavy (non-hydrogen) atoms. The van der Waals surface area contributed by atoms with Crippen molar-refractivity contribution in [3.8, 4) is 5.75 Å². The number of fused-ring (bicyclic) bond motifs is 1. The van der Waals surface area contributed by atoms with Crippen LogP contribution in [0, 0.1) is 5.92 Å². The van der Waals surface area contributed by atoms with E-state index < -0.39 is 0 Å². The van der Waals surface area contributed by atoms with Gasteiger partial charge in [0.05, 0.1) is 6.61 Å². The molecule has 2 aliphatic rings. The van der Waals surface area contributed by atoms with Crippen molar-refractivity contribution < 1.29 is 4.74 Å². The Kier molecular flexibility index (Phi) is 1.79. The molecule has 1 aliphatic carbocycles. The van der Waals surface area contributed by atoms with E-state index in [1.165, 1.54) is 18.4 Å². The van der Waals surface area contributed by atoms with E-state index in [1.54, 1.807) is 5.56 Å². The van der Waals surface area contributed by atoms with Crippen LogP contribution in [0.4, 0.5) is 0 Å². The van der Waals surface area contributed by atoms with Gasteiger partial charge in [0, 0.05) is 12.0 Å². The molecule has 1 aromatic rings. The molecule has 1 nitrogen and oxygen atoms in total. The van der Waals surface area contributed by atoms with Crippen LogP contribution in [0.1, 0.15) is 36.8 Å². The monoisotopic (exact) mass is 188 g/mol. The maximum Gasteiger partial charge on any atom is 0.122 e. The molecule has 1 heteroatoms. The summed E-state index contributed by atoms with van der Waals surface area (Å²) in [6, 6.07) is 6.55. The third-order valence-corrected chi connectivity index (χ3v) is 3.63. The summed E-state index contributed by atoms with van der Waals surface area (Å²) in [6.45, 7) is 3.18. The Hall–Kier alpha value is -0.980. The molecule has 2 atom stereocenters. The number of ether oxygens (including phenoxy) is 1. The lowest BCUT2D eigenvalue weighted by atomic mass is 9.99. The molecule has 1 saturated carbocycles. The van der Waals surface area contributed by atoms with Crippen LogP contribution >= 0.6 is 0 Å². The lowest BCUT2D eigenvalue weighted by Gasteiger charge is -2.05. The van der Waals surface area contributed by atoms with Crippen LogP contribution in [0.3, 0.4) is 0 Å². The normalized spacial score (nSPS) is 28.4. The molecule has 74 valence electrons. The zero-order valence-corrected chi connectivity index (χ0v) is 8.62. The van der Waals surface area contributed by atoms with Crippen LogP contribution in [-0.4, -0.2) is 6.61 Å². The topological polar surface area (TPSA) is 9.23 Å². The molecule has 0 aromatic heterocycles. The van der Waals surface area contributed by atoms with Gasteiger partial charge in [-0.05, 0) is 29.9 Å². The molecule has 0 amide bonds. The highest BCUT2D eigenvalue weighted by molar-refractivity contribution is 5.46. The van der Waals surface area contributed by atoms with Crippen LogP contribution in [-0.2, 0) is 6.42 Å². The second kappa shape index (κ2) is 3.01. The van der Waals surface area contributed by atoms with Gasteiger partial charge in [0.15, 0.2) is 0 Å². The van der Waals surface area contributed by atoms with Crippen molar-refractivity contribution in [2.45, 2.75) is 32.1 Å². The minimum absolute atomic E-state index is 0.844. The molecular formula is C13H16O. The van der Waals surface area contributed by atoms with Crippen LogP contribution in [0.2, 0.25) is 0 Å². The smallest absolute Gasteiger partial charge is 0.122 e. The molecule has 0 bridgehead atoms. The van der Waals surface area contributed by atoms with Crippen molar-refractivity contribution in [3.05, 3.63) is 29.3 Å². The standard InChI is InChI=1S/C13H16O/c1-2-9-8-12(9)10-4-3-5-13-11(10)6-7-14-13/h3-5,9,12H,2,6-8H2,1H3/t9?,12-/m1/s1. The summed E-state index contributed by atoms with van der Waals surface area (Å²) in [5.41, 5.74) is 3.07. The highest BCUT2D eigenvalue weighted by Crippen LogP contribution is 2.51. The van der Waals surface area contributed by atoms with Crippen molar-refractivity contribution in [1.29, 1.82) is 0 Å². The van der Waals surface area contributed by atoms with E-state index in [4.69, 9.17) is 4.74 Å². The summed E-state index contributed by atoms with van der Waals surface area (Å²) in [5.74, 6) is 2.93. The maximum atomic E-state index is 5.59. The first-order valence-corrected chi connectivity index (χ1v) is 5.64. The van der Waals surface area contributed by atoms with Crippen LogP contribution in [0.5, 0.6) is 5.75 Å². The van der Waals surface area contributed by atoms with Gasteiger partial charge in [-0.15, -0.1) is 0 Å². The molecule has 3 rings (SSSR count). The summed E-state index contributed by atoms with van der Waals surface area (Å²) in [6.07, 6.45) is 3.85. The molecule has 1 fully saturated rings. The van der Waals surface area contributed by atoms with Gasteiger partial charge in [0.2, 0.25) is 0 Å². The minimum atomic E-state index is 0.844. The maximum absolute atomic E-state index is 5.59. The molecule has 0 radical (unpaired) electrons. The second-order valence-electron chi connectivity index (χ2n) is 4.43. The van der Waals surface area contributed by atoms with Crippen molar-refractivity contribution in [1.82, 2.24) is 0 Å². The van der Waals surface area contributed by atoms with Crippen molar-refractivity contribution in [2.24, 2.45) is 5.92 Å². The third kappa shape index (κ3) is 1.15. The number of hydrogen-bond acceptors (Lipinski definition) is 1. The first-order valence-electron chi connectivity index (χ1n) is 5.64. The van der Waals surface area contributed by atoms with E-state index in [1.807, 2.05) is 0 Å².